The van der Waals surface area contributed by atoms with Crippen LogP contribution >= 0.6 is 23.4 Å². The number of hydrogen-bond donors (Lipinski definition) is 3. The lowest BCUT2D eigenvalue weighted by Gasteiger charge is -2.11. The number of rotatable bonds is 6. The Bertz CT molecular complexity index is 511. The molecule has 0 spiro atoms. The second-order valence-corrected chi connectivity index (χ2v) is 5.96. The van der Waals surface area contributed by atoms with Crippen molar-refractivity contribution in [3.05, 3.63) is 28.8 Å². The molecule has 0 saturated carbocycles. The van der Waals surface area contributed by atoms with E-state index in [0.717, 1.165) is 11.3 Å². The van der Waals surface area contributed by atoms with Gasteiger partial charge in [-0.05, 0) is 43.0 Å². The molecule has 1 unspecified atom stereocenters. The number of carbonyl (C=O) groups is 2. The first-order valence-electron chi connectivity index (χ1n) is 6.46. The minimum atomic E-state index is -0.785. The summed E-state index contributed by atoms with van der Waals surface area (Å²) in [7, 11) is 0. The molecule has 1 rings (SSSR count). The van der Waals surface area contributed by atoms with Crippen molar-refractivity contribution >= 4 is 40.9 Å². The maximum Gasteiger partial charge on any atom is 0.313 e. The predicted octanol–water partition coefficient (Wildman–Crippen LogP) is 1.82. The fraction of sp³-hybridized carbons (Fsp3) is 0.429. The van der Waals surface area contributed by atoms with Gasteiger partial charge >= 0.3 is 11.8 Å². The molecule has 0 fully saturated rings. The van der Waals surface area contributed by atoms with Crippen LogP contribution in [-0.4, -0.2) is 41.6 Å². The van der Waals surface area contributed by atoms with E-state index in [1.165, 1.54) is 0 Å². The lowest BCUT2D eigenvalue weighted by molar-refractivity contribution is -0.136. The first kappa shape index (κ1) is 17.8. The maximum absolute atomic E-state index is 11.7. The van der Waals surface area contributed by atoms with Gasteiger partial charge in [0.15, 0.2) is 0 Å². The fourth-order valence-electron chi connectivity index (χ4n) is 1.51. The van der Waals surface area contributed by atoms with Gasteiger partial charge < -0.3 is 15.7 Å². The summed E-state index contributed by atoms with van der Waals surface area (Å²) in [6.45, 7) is 1.90. The SMILES string of the molecule is CSCCC(O)CNC(=O)C(=O)Nc1ccc(C)c(Cl)c1. The van der Waals surface area contributed by atoms with Gasteiger partial charge in [-0.15, -0.1) is 0 Å². The van der Waals surface area contributed by atoms with Gasteiger partial charge in [0.2, 0.25) is 0 Å². The smallest absolute Gasteiger partial charge is 0.313 e. The van der Waals surface area contributed by atoms with Crippen LogP contribution in [-0.2, 0) is 9.59 Å². The molecule has 0 heterocycles. The second-order valence-electron chi connectivity index (χ2n) is 4.56. The van der Waals surface area contributed by atoms with Crippen LogP contribution in [0.3, 0.4) is 0 Å². The van der Waals surface area contributed by atoms with E-state index in [1.807, 2.05) is 13.2 Å². The summed E-state index contributed by atoms with van der Waals surface area (Å²) in [5.41, 5.74) is 1.34. The average molecular weight is 331 g/mol. The predicted molar refractivity (Wildman–Crippen MR) is 86.8 cm³/mol. The van der Waals surface area contributed by atoms with Crippen molar-refractivity contribution in [2.24, 2.45) is 0 Å². The van der Waals surface area contributed by atoms with Crippen LogP contribution in [0.5, 0.6) is 0 Å². The first-order chi connectivity index (χ1) is 9.93. The Kier molecular flexibility index (Phi) is 7.56. The van der Waals surface area contributed by atoms with Crippen molar-refractivity contribution < 1.29 is 14.7 Å². The number of benzene rings is 1. The van der Waals surface area contributed by atoms with Crippen molar-refractivity contribution in [3.63, 3.8) is 0 Å². The number of aryl methyl sites for hydroxylation is 1. The molecule has 2 amide bonds. The fourth-order valence-corrected chi connectivity index (χ4v) is 2.19. The number of nitrogens with one attached hydrogen (secondary N) is 2. The average Bonchev–Trinajstić information content (AvgIpc) is 2.46. The molecule has 0 bridgehead atoms. The largest absolute Gasteiger partial charge is 0.391 e. The Hall–Kier alpha value is -1.24. The third-order valence-electron chi connectivity index (χ3n) is 2.79. The molecule has 0 saturated heterocycles. The van der Waals surface area contributed by atoms with Gasteiger partial charge in [0.05, 0.1) is 6.10 Å². The van der Waals surface area contributed by atoms with Crippen molar-refractivity contribution in [2.45, 2.75) is 19.4 Å². The molecule has 0 aliphatic heterocycles. The van der Waals surface area contributed by atoms with E-state index in [2.05, 4.69) is 10.6 Å². The number of hydrogen-bond acceptors (Lipinski definition) is 4. The molecule has 0 aliphatic carbocycles. The first-order valence-corrected chi connectivity index (χ1v) is 8.23. The summed E-state index contributed by atoms with van der Waals surface area (Å²) in [4.78, 5) is 23.3. The molecular weight excluding hydrogens is 312 g/mol. The lowest BCUT2D eigenvalue weighted by Crippen LogP contribution is -2.39. The molecule has 116 valence electrons. The van der Waals surface area contributed by atoms with E-state index in [9.17, 15) is 14.7 Å². The number of thioether (sulfide) groups is 1. The zero-order valence-electron chi connectivity index (χ0n) is 12.0. The summed E-state index contributed by atoms with van der Waals surface area (Å²) >= 11 is 7.55. The summed E-state index contributed by atoms with van der Waals surface area (Å²) in [5, 5.41) is 15.0. The molecule has 5 nitrogen and oxygen atoms in total. The summed E-state index contributed by atoms with van der Waals surface area (Å²) < 4.78 is 0. The van der Waals surface area contributed by atoms with Crippen LogP contribution in [0.2, 0.25) is 5.02 Å². The van der Waals surface area contributed by atoms with Gasteiger partial charge in [-0.1, -0.05) is 17.7 Å². The van der Waals surface area contributed by atoms with Crippen molar-refractivity contribution in [1.82, 2.24) is 5.32 Å². The molecule has 1 atom stereocenters. The summed E-state index contributed by atoms with van der Waals surface area (Å²) in [6.07, 6.45) is 1.85. The molecular formula is C14H19ClN2O3S. The standard InChI is InChI=1S/C14H19ClN2O3S/c1-9-3-4-10(7-12(9)15)17-14(20)13(19)16-8-11(18)5-6-21-2/h3-4,7,11,18H,5-6,8H2,1-2H3,(H,16,19)(H,17,20). The van der Waals surface area contributed by atoms with Crippen LogP contribution in [0, 0.1) is 6.92 Å². The van der Waals surface area contributed by atoms with E-state index in [4.69, 9.17) is 11.6 Å². The Morgan fingerprint density at radius 3 is 2.71 bits per heavy atom. The van der Waals surface area contributed by atoms with Crippen LogP contribution < -0.4 is 10.6 Å². The van der Waals surface area contributed by atoms with Gasteiger partial charge in [0.1, 0.15) is 0 Å². The zero-order chi connectivity index (χ0) is 15.8. The summed E-state index contributed by atoms with van der Waals surface area (Å²) in [6, 6.07) is 5.00. The lowest BCUT2D eigenvalue weighted by atomic mass is 10.2. The number of aliphatic hydroxyl groups is 1. The summed E-state index contributed by atoms with van der Waals surface area (Å²) in [5.74, 6) is -0.771. The second kappa shape index (κ2) is 8.92. The normalized spacial score (nSPS) is 11.8. The molecule has 21 heavy (non-hydrogen) atoms. The van der Waals surface area contributed by atoms with Crippen molar-refractivity contribution in [3.8, 4) is 0 Å². The van der Waals surface area contributed by atoms with Gasteiger partial charge in [-0.2, -0.15) is 11.8 Å². The van der Waals surface area contributed by atoms with Crippen LogP contribution in [0.4, 0.5) is 5.69 Å². The van der Waals surface area contributed by atoms with Crippen LogP contribution in [0.1, 0.15) is 12.0 Å². The van der Waals surface area contributed by atoms with Crippen molar-refractivity contribution in [1.29, 1.82) is 0 Å². The highest BCUT2D eigenvalue weighted by molar-refractivity contribution is 7.98. The number of halogens is 1. The molecule has 0 aromatic heterocycles. The third-order valence-corrected chi connectivity index (χ3v) is 3.84. The minimum absolute atomic E-state index is 0.0570. The Morgan fingerprint density at radius 2 is 2.10 bits per heavy atom. The van der Waals surface area contributed by atoms with Crippen molar-refractivity contribution in [2.75, 3.05) is 23.9 Å². The Morgan fingerprint density at radius 1 is 1.38 bits per heavy atom. The number of aliphatic hydroxyl groups excluding tert-OH is 1. The topological polar surface area (TPSA) is 78.4 Å². The van der Waals surface area contributed by atoms with E-state index in [1.54, 1.807) is 30.0 Å². The maximum atomic E-state index is 11.7. The van der Waals surface area contributed by atoms with E-state index >= 15 is 0 Å². The molecule has 7 heteroatoms. The van der Waals surface area contributed by atoms with Crippen LogP contribution in [0.25, 0.3) is 0 Å². The Balaban J connectivity index is 2.44. The molecule has 0 radical (unpaired) electrons. The molecule has 3 N–H and O–H groups in total. The van der Waals surface area contributed by atoms with E-state index in [0.29, 0.717) is 17.1 Å². The molecule has 1 aromatic rings. The monoisotopic (exact) mass is 330 g/mol. The van der Waals surface area contributed by atoms with Gasteiger partial charge in [-0.25, -0.2) is 0 Å². The number of amides is 2. The van der Waals surface area contributed by atoms with Gasteiger partial charge in [0, 0.05) is 17.3 Å². The van der Waals surface area contributed by atoms with Crippen LogP contribution in [0.15, 0.2) is 18.2 Å². The third kappa shape index (κ3) is 6.37. The molecule has 1 aromatic carbocycles. The van der Waals surface area contributed by atoms with E-state index < -0.39 is 17.9 Å². The van der Waals surface area contributed by atoms with Gasteiger partial charge in [-0.3, -0.25) is 9.59 Å². The molecule has 0 aliphatic rings. The van der Waals surface area contributed by atoms with Gasteiger partial charge in [0.25, 0.3) is 0 Å². The highest BCUT2D eigenvalue weighted by Gasteiger charge is 2.15. The highest BCUT2D eigenvalue weighted by atomic mass is 35.5. The minimum Gasteiger partial charge on any atom is -0.391 e. The Labute approximate surface area is 133 Å². The number of anilines is 1. The van der Waals surface area contributed by atoms with E-state index in [-0.39, 0.29) is 6.54 Å². The number of carbonyl (C=O) groups excluding carboxylic acids is 2. The quantitative estimate of drug-likeness (QED) is 0.695. The highest BCUT2D eigenvalue weighted by Crippen LogP contribution is 2.19. The zero-order valence-corrected chi connectivity index (χ0v) is 13.6.